The molecule has 5 rings (SSSR count). The molecule has 40 heavy (non-hydrogen) atoms. The molecule has 1 aliphatic rings. The molecule has 1 aromatic carbocycles. The summed E-state index contributed by atoms with van der Waals surface area (Å²) >= 11 is 0.861. The fourth-order valence-electron chi connectivity index (χ4n) is 3.97. The van der Waals surface area contributed by atoms with Crippen molar-refractivity contribution in [3.05, 3.63) is 75.4 Å². The summed E-state index contributed by atoms with van der Waals surface area (Å²) in [6, 6.07) is 11.8. The van der Waals surface area contributed by atoms with Gasteiger partial charge in [-0.3, -0.25) is 23.7 Å². The van der Waals surface area contributed by atoms with Gasteiger partial charge in [-0.1, -0.05) is 41.7 Å². The molecule has 1 fully saturated rings. The smallest absolute Gasteiger partial charge is 0.387 e. The summed E-state index contributed by atoms with van der Waals surface area (Å²) in [6.07, 6.45) is -5.39. The van der Waals surface area contributed by atoms with Crippen LogP contribution in [-0.2, 0) is 31.5 Å². The van der Waals surface area contributed by atoms with Crippen molar-refractivity contribution in [3.8, 4) is 0 Å². The van der Waals surface area contributed by atoms with Gasteiger partial charge in [0, 0.05) is 17.5 Å². The summed E-state index contributed by atoms with van der Waals surface area (Å²) in [5.41, 5.74) is 6.47. The number of benzene rings is 1. The van der Waals surface area contributed by atoms with Gasteiger partial charge in [-0.25, -0.2) is 14.6 Å². The van der Waals surface area contributed by atoms with Gasteiger partial charge in [-0.15, -0.1) is 0 Å². The van der Waals surface area contributed by atoms with Crippen molar-refractivity contribution in [2.24, 2.45) is 0 Å². The summed E-state index contributed by atoms with van der Waals surface area (Å²) in [4.78, 5) is 22.0. The second kappa shape index (κ2) is 11.6. The maximum Gasteiger partial charge on any atom is 0.406 e. The van der Waals surface area contributed by atoms with E-state index in [1.54, 1.807) is 24.3 Å². The van der Waals surface area contributed by atoms with Crippen molar-refractivity contribution in [3.63, 3.8) is 0 Å². The number of nitrogen functional groups attached to an aromatic ring is 1. The number of hydrogen-bond acceptors (Lipinski definition) is 13. The number of aliphatic hydroxyl groups is 2. The number of anilines is 1. The number of thiophene rings is 1. The molecule has 0 saturated carbocycles. The highest BCUT2D eigenvalue weighted by Crippen LogP contribution is 2.46. The number of nitrogens with two attached hydrogens (primary N) is 1. The Morgan fingerprint density at radius 2 is 1.98 bits per heavy atom. The lowest BCUT2D eigenvalue weighted by molar-refractivity contribution is -0.380. The minimum atomic E-state index is -4.09. The lowest BCUT2D eigenvalue weighted by atomic mass is 10.1. The summed E-state index contributed by atoms with van der Waals surface area (Å²) < 4.78 is 45.5. The van der Waals surface area contributed by atoms with Crippen LogP contribution in [0.15, 0.2) is 48.8 Å². The number of halogens is 1. The van der Waals surface area contributed by atoms with Crippen LogP contribution in [0.1, 0.15) is 16.7 Å². The van der Waals surface area contributed by atoms with Crippen LogP contribution >= 0.6 is 19.1 Å². The van der Waals surface area contributed by atoms with Gasteiger partial charge in [-0.05, 0) is 11.6 Å². The topological polar surface area (TPSA) is 210 Å². The van der Waals surface area contributed by atoms with Gasteiger partial charge in [0.2, 0.25) is 0 Å². The molecule has 1 saturated heterocycles. The third-order valence-electron chi connectivity index (χ3n) is 5.97. The molecule has 15 nitrogen and oxygen atoms in total. The second-order valence-corrected chi connectivity index (χ2v) is 11.6. The molecule has 0 amide bonds. The normalized spacial score (nSPS) is 22.5. The fourth-order valence-corrected chi connectivity index (χ4v) is 6.07. The van der Waals surface area contributed by atoms with Gasteiger partial charge in [0.25, 0.3) is 0 Å². The number of fused-ring (bicyclic) bond motifs is 1. The van der Waals surface area contributed by atoms with Crippen molar-refractivity contribution in [2.45, 2.75) is 37.7 Å². The Morgan fingerprint density at radius 3 is 2.70 bits per heavy atom. The van der Waals surface area contributed by atoms with E-state index < -0.39 is 49.9 Å². The van der Waals surface area contributed by atoms with Crippen molar-refractivity contribution in [1.82, 2.24) is 24.6 Å². The monoisotopic (exact) mass is 595 g/mol. The van der Waals surface area contributed by atoms with Gasteiger partial charge < -0.3 is 20.7 Å². The van der Waals surface area contributed by atoms with Crippen LogP contribution in [0, 0.1) is 16.2 Å². The Kier molecular flexibility index (Phi) is 8.16. The highest BCUT2D eigenvalue weighted by molar-refractivity contribution is 7.51. The lowest BCUT2D eigenvalue weighted by Crippen LogP contribution is -2.34. The van der Waals surface area contributed by atoms with Crippen LogP contribution < -0.4 is 10.8 Å². The maximum atomic E-state index is 13.8. The van der Waals surface area contributed by atoms with Gasteiger partial charge in [0.1, 0.15) is 18.3 Å². The molecule has 0 bridgehead atoms. The standard InChI is InChI=1S/C22H23FN7O8PS/c23-22-27-19(24)16-20(28-22)29(11-25-16)21-18(32)17(31)14(38-21)10-37-39(35,26-8-12-4-2-1-3-5-12)36-9-13-6-7-15(40-13)30(33)34/h1-7,11,14,17-18,21,31-32H,8-10H2,(H,26,35)(H2,24,27,28)/t14-,17?,18-,21-,39?/m1/s1. The van der Waals surface area contributed by atoms with Crippen LogP contribution in [0.4, 0.5) is 15.2 Å². The molecule has 212 valence electrons. The lowest BCUT2D eigenvalue weighted by Gasteiger charge is -2.22. The highest BCUT2D eigenvalue weighted by atomic mass is 32.1. The maximum absolute atomic E-state index is 13.8. The van der Waals surface area contributed by atoms with E-state index in [0.29, 0.717) is 4.88 Å². The van der Waals surface area contributed by atoms with Crippen LogP contribution in [0.3, 0.4) is 0 Å². The molecule has 0 spiro atoms. The Bertz CT molecular complexity index is 1560. The molecule has 3 aromatic heterocycles. The number of rotatable bonds is 11. The van der Waals surface area contributed by atoms with Gasteiger partial charge >= 0.3 is 18.8 Å². The van der Waals surface area contributed by atoms with E-state index in [9.17, 15) is 29.3 Å². The quantitative estimate of drug-likeness (QED) is 0.0849. The minimum absolute atomic E-state index is 0.0635. The largest absolute Gasteiger partial charge is 0.406 e. The number of nitro groups is 1. The van der Waals surface area contributed by atoms with E-state index in [4.69, 9.17) is 19.5 Å². The molecule has 5 atom stereocenters. The Morgan fingerprint density at radius 1 is 1.20 bits per heavy atom. The minimum Gasteiger partial charge on any atom is -0.387 e. The van der Waals surface area contributed by atoms with Gasteiger partial charge in [0.05, 0.1) is 24.5 Å². The zero-order valence-electron chi connectivity index (χ0n) is 20.4. The summed E-state index contributed by atoms with van der Waals surface area (Å²) in [5.74, 6) is -0.215. The average molecular weight is 596 g/mol. The molecule has 1 aliphatic heterocycles. The molecule has 0 radical (unpaired) electrons. The first kappa shape index (κ1) is 28.1. The zero-order chi connectivity index (χ0) is 28.4. The van der Waals surface area contributed by atoms with Crippen LogP contribution in [0.2, 0.25) is 0 Å². The van der Waals surface area contributed by atoms with E-state index in [0.717, 1.165) is 16.9 Å². The fraction of sp³-hybridized carbons (Fsp3) is 0.318. The molecule has 4 aromatic rings. The van der Waals surface area contributed by atoms with E-state index >= 15 is 0 Å². The molecule has 5 N–H and O–H groups in total. The molecule has 0 aliphatic carbocycles. The highest BCUT2D eigenvalue weighted by Gasteiger charge is 2.45. The Balaban J connectivity index is 1.30. The van der Waals surface area contributed by atoms with E-state index in [2.05, 4.69) is 20.0 Å². The predicted octanol–water partition coefficient (Wildman–Crippen LogP) is 2.27. The molecule has 2 unspecified atom stereocenters. The number of aromatic nitrogens is 4. The second-order valence-electron chi connectivity index (χ2n) is 8.63. The number of hydrogen-bond donors (Lipinski definition) is 4. The number of nitrogens with zero attached hydrogens (tertiary/aromatic N) is 5. The van der Waals surface area contributed by atoms with E-state index in [1.807, 2.05) is 6.07 Å². The molecule has 18 heteroatoms. The van der Waals surface area contributed by atoms with Gasteiger partial charge in [-0.2, -0.15) is 14.4 Å². The summed E-state index contributed by atoms with van der Waals surface area (Å²) in [6.45, 7) is -0.656. The molecular weight excluding hydrogens is 572 g/mol. The van der Waals surface area contributed by atoms with E-state index in [-0.39, 0.29) is 35.1 Å². The van der Waals surface area contributed by atoms with Crippen molar-refractivity contribution in [1.29, 1.82) is 0 Å². The van der Waals surface area contributed by atoms with Gasteiger partial charge in [0.15, 0.2) is 23.2 Å². The SMILES string of the molecule is Nc1nc(F)nc2c1ncn2[C@@H]1O[C@H](COP(=O)(NCc2ccccc2)OCc2ccc([N+](=O)[O-])s2)C(O)[C@H]1O. The Labute approximate surface area is 229 Å². The number of imidazole rings is 1. The number of nitrogens with one attached hydrogen (secondary N) is 1. The predicted molar refractivity (Wildman–Crippen MR) is 138 cm³/mol. The molecule has 4 heterocycles. The first-order valence-corrected chi connectivity index (χ1v) is 14.1. The van der Waals surface area contributed by atoms with Crippen LogP contribution in [-0.4, -0.2) is 59.6 Å². The van der Waals surface area contributed by atoms with Crippen LogP contribution in [0.5, 0.6) is 0 Å². The van der Waals surface area contributed by atoms with Crippen LogP contribution in [0.25, 0.3) is 11.2 Å². The van der Waals surface area contributed by atoms with Crippen molar-refractivity contribution in [2.75, 3.05) is 12.3 Å². The average Bonchev–Trinajstić information content (AvgIpc) is 3.65. The zero-order valence-corrected chi connectivity index (χ0v) is 22.2. The van der Waals surface area contributed by atoms with Crippen molar-refractivity contribution < 1.29 is 37.9 Å². The third kappa shape index (κ3) is 6.01. The first-order valence-electron chi connectivity index (χ1n) is 11.7. The summed E-state index contributed by atoms with van der Waals surface area (Å²) in [5, 5.41) is 34.9. The molecular formula is C22H23FN7O8PS. The van der Waals surface area contributed by atoms with E-state index in [1.165, 1.54) is 23.0 Å². The van der Waals surface area contributed by atoms with Crippen molar-refractivity contribution >= 4 is 41.1 Å². The third-order valence-corrected chi connectivity index (χ3v) is 8.48. The Hall–Kier alpha value is -3.41. The number of aliphatic hydroxyl groups excluding tert-OH is 2. The summed E-state index contributed by atoms with van der Waals surface area (Å²) in [7, 11) is -4.09. The first-order chi connectivity index (χ1) is 19.1. The number of ether oxygens (including phenoxy) is 1.